The zero-order valence-electron chi connectivity index (χ0n) is 11.9. The lowest BCUT2D eigenvalue weighted by Gasteiger charge is -2.00. The van der Waals surface area contributed by atoms with Gasteiger partial charge in [0.25, 0.3) is 5.89 Å². The molecule has 1 aliphatic heterocycles. The first-order chi connectivity index (χ1) is 10.7. The Morgan fingerprint density at radius 2 is 1.82 bits per heavy atom. The van der Waals surface area contributed by atoms with Crippen molar-refractivity contribution in [1.82, 2.24) is 10.1 Å². The zero-order chi connectivity index (χ0) is 15.1. The van der Waals surface area contributed by atoms with Gasteiger partial charge in [0.1, 0.15) is 0 Å². The normalized spacial score (nSPS) is 12.6. The average molecular weight is 295 g/mol. The third-order valence-corrected chi connectivity index (χ3v) is 3.58. The van der Waals surface area contributed by atoms with Gasteiger partial charge >= 0.3 is 0 Å². The maximum Gasteiger partial charge on any atom is 0.258 e. The van der Waals surface area contributed by atoms with E-state index in [1.54, 1.807) is 0 Å². The van der Waals surface area contributed by atoms with E-state index in [-0.39, 0.29) is 6.79 Å². The molecule has 0 fully saturated rings. The molecule has 0 aliphatic carbocycles. The largest absolute Gasteiger partial charge is 0.454 e. The second kappa shape index (κ2) is 4.77. The molecular formula is C16H13N3O3. The Labute approximate surface area is 126 Å². The first-order valence-corrected chi connectivity index (χ1v) is 6.81. The number of hydrogen-bond donors (Lipinski definition) is 1. The summed E-state index contributed by atoms with van der Waals surface area (Å²) >= 11 is 0. The number of anilines is 1. The highest BCUT2D eigenvalue weighted by molar-refractivity contribution is 5.66. The van der Waals surface area contributed by atoms with Crippen LogP contribution >= 0.6 is 0 Å². The summed E-state index contributed by atoms with van der Waals surface area (Å²) in [5.41, 5.74) is 9.22. The number of fused-ring (bicyclic) bond motifs is 1. The second-order valence-corrected chi connectivity index (χ2v) is 5.06. The molecule has 1 aliphatic rings. The molecule has 110 valence electrons. The predicted octanol–water partition coefficient (Wildman–Crippen LogP) is 3.02. The molecule has 2 aromatic carbocycles. The van der Waals surface area contributed by atoms with Gasteiger partial charge in [-0.1, -0.05) is 11.2 Å². The Morgan fingerprint density at radius 1 is 1.00 bits per heavy atom. The van der Waals surface area contributed by atoms with Crippen LogP contribution in [0.5, 0.6) is 11.5 Å². The number of nitrogen functional groups attached to an aromatic ring is 1. The number of aryl methyl sites for hydroxylation is 1. The van der Waals surface area contributed by atoms with Crippen LogP contribution in [0.25, 0.3) is 22.8 Å². The van der Waals surface area contributed by atoms with Crippen molar-refractivity contribution in [2.24, 2.45) is 0 Å². The van der Waals surface area contributed by atoms with Crippen molar-refractivity contribution in [2.45, 2.75) is 6.92 Å². The van der Waals surface area contributed by atoms with E-state index in [9.17, 15) is 0 Å². The number of rotatable bonds is 2. The Bertz CT molecular complexity index is 858. The SMILES string of the molecule is Cc1ccc(-c2nc(-c3ccc4c(c3)OCO4)no2)cc1N. The smallest absolute Gasteiger partial charge is 0.258 e. The minimum atomic E-state index is 0.235. The van der Waals surface area contributed by atoms with Gasteiger partial charge in [0.05, 0.1) is 0 Å². The molecule has 0 spiro atoms. The molecule has 1 aromatic heterocycles. The summed E-state index contributed by atoms with van der Waals surface area (Å²) in [6, 6.07) is 11.2. The Kier molecular flexibility index (Phi) is 2.75. The van der Waals surface area contributed by atoms with Crippen molar-refractivity contribution >= 4 is 5.69 Å². The highest BCUT2D eigenvalue weighted by Crippen LogP contribution is 2.35. The molecule has 6 nitrogen and oxygen atoms in total. The van der Waals surface area contributed by atoms with Crippen molar-refractivity contribution in [3.05, 3.63) is 42.0 Å². The van der Waals surface area contributed by atoms with Gasteiger partial charge in [-0.05, 0) is 42.8 Å². The van der Waals surface area contributed by atoms with E-state index < -0.39 is 0 Å². The molecule has 2 N–H and O–H groups in total. The van der Waals surface area contributed by atoms with Gasteiger partial charge in [-0.2, -0.15) is 4.98 Å². The first-order valence-electron chi connectivity index (χ1n) is 6.81. The van der Waals surface area contributed by atoms with Gasteiger partial charge < -0.3 is 19.7 Å². The van der Waals surface area contributed by atoms with Crippen LogP contribution in [0.15, 0.2) is 40.9 Å². The van der Waals surface area contributed by atoms with E-state index in [2.05, 4.69) is 10.1 Å². The molecular weight excluding hydrogens is 282 g/mol. The van der Waals surface area contributed by atoms with Gasteiger partial charge in [0, 0.05) is 16.8 Å². The van der Waals surface area contributed by atoms with Crippen LogP contribution in [0.3, 0.4) is 0 Å². The summed E-state index contributed by atoms with van der Waals surface area (Å²) in [6.45, 7) is 2.18. The number of ether oxygens (including phenoxy) is 2. The fourth-order valence-electron chi connectivity index (χ4n) is 2.27. The molecule has 3 aromatic rings. The van der Waals surface area contributed by atoms with Gasteiger partial charge in [0.2, 0.25) is 12.6 Å². The quantitative estimate of drug-likeness (QED) is 0.732. The third kappa shape index (κ3) is 2.05. The van der Waals surface area contributed by atoms with Crippen molar-refractivity contribution < 1.29 is 14.0 Å². The fourth-order valence-corrected chi connectivity index (χ4v) is 2.27. The van der Waals surface area contributed by atoms with E-state index in [1.165, 1.54) is 0 Å². The second-order valence-electron chi connectivity index (χ2n) is 5.06. The van der Waals surface area contributed by atoms with E-state index in [0.717, 1.165) is 22.4 Å². The number of benzene rings is 2. The minimum absolute atomic E-state index is 0.235. The lowest BCUT2D eigenvalue weighted by Crippen LogP contribution is -1.92. The highest BCUT2D eigenvalue weighted by atomic mass is 16.7. The molecule has 6 heteroatoms. The van der Waals surface area contributed by atoms with Crippen molar-refractivity contribution in [1.29, 1.82) is 0 Å². The number of nitrogens with two attached hydrogens (primary N) is 1. The molecule has 0 amide bonds. The van der Waals surface area contributed by atoms with E-state index in [1.807, 2.05) is 43.3 Å². The molecule has 0 saturated carbocycles. The summed E-state index contributed by atoms with van der Waals surface area (Å²) in [4.78, 5) is 4.42. The molecule has 0 unspecified atom stereocenters. The van der Waals surface area contributed by atoms with Crippen LogP contribution in [0.2, 0.25) is 0 Å². The van der Waals surface area contributed by atoms with Crippen LogP contribution in [-0.4, -0.2) is 16.9 Å². The number of hydrogen-bond acceptors (Lipinski definition) is 6. The predicted molar refractivity (Wildman–Crippen MR) is 80.4 cm³/mol. The molecule has 22 heavy (non-hydrogen) atoms. The molecule has 0 bridgehead atoms. The standard InChI is InChI=1S/C16H13N3O3/c1-9-2-3-11(6-12(9)17)16-18-15(19-22-16)10-4-5-13-14(7-10)21-8-20-13/h2-7H,8,17H2,1H3. The van der Waals surface area contributed by atoms with Crippen LogP contribution in [0.1, 0.15) is 5.56 Å². The maximum absolute atomic E-state index is 5.92. The van der Waals surface area contributed by atoms with Gasteiger partial charge in [-0.15, -0.1) is 0 Å². The maximum atomic E-state index is 5.92. The Morgan fingerprint density at radius 3 is 2.68 bits per heavy atom. The van der Waals surface area contributed by atoms with Crippen molar-refractivity contribution in [2.75, 3.05) is 12.5 Å². The van der Waals surface area contributed by atoms with Crippen LogP contribution in [0.4, 0.5) is 5.69 Å². The lowest BCUT2D eigenvalue weighted by molar-refractivity contribution is 0.174. The highest BCUT2D eigenvalue weighted by Gasteiger charge is 2.17. The number of aromatic nitrogens is 2. The van der Waals surface area contributed by atoms with Gasteiger partial charge in [-0.3, -0.25) is 0 Å². The van der Waals surface area contributed by atoms with Crippen LogP contribution < -0.4 is 15.2 Å². The zero-order valence-corrected chi connectivity index (χ0v) is 11.9. The Hall–Kier alpha value is -3.02. The van der Waals surface area contributed by atoms with Crippen LogP contribution in [0, 0.1) is 6.92 Å². The fraction of sp³-hybridized carbons (Fsp3) is 0.125. The molecule has 0 radical (unpaired) electrons. The van der Waals surface area contributed by atoms with Gasteiger partial charge in [0.15, 0.2) is 11.5 Å². The Balaban J connectivity index is 1.70. The van der Waals surface area contributed by atoms with E-state index in [0.29, 0.717) is 23.2 Å². The molecule has 4 rings (SSSR count). The third-order valence-electron chi connectivity index (χ3n) is 3.58. The number of nitrogens with zero attached hydrogens (tertiary/aromatic N) is 2. The first kappa shape index (κ1) is 12.7. The molecule has 0 atom stereocenters. The lowest BCUT2D eigenvalue weighted by atomic mass is 10.1. The minimum Gasteiger partial charge on any atom is -0.454 e. The summed E-state index contributed by atoms with van der Waals surface area (Å²) < 4.78 is 16.0. The molecule has 2 heterocycles. The van der Waals surface area contributed by atoms with E-state index >= 15 is 0 Å². The van der Waals surface area contributed by atoms with Crippen molar-refractivity contribution in [3.63, 3.8) is 0 Å². The summed E-state index contributed by atoms with van der Waals surface area (Å²) in [7, 11) is 0. The topological polar surface area (TPSA) is 83.4 Å². The summed E-state index contributed by atoms with van der Waals surface area (Å²) in [5, 5.41) is 4.02. The summed E-state index contributed by atoms with van der Waals surface area (Å²) in [5.74, 6) is 2.33. The van der Waals surface area contributed by atoms with E-state index in [4.69, 9.17) is 19.7 Å². The molecule has 0 saturated heterocycles. The van der Waals surface area contributed by atoms with Gasteiger partial charge in [-0.25, -0.2) is 0 Å². The average Bonchev–Trinajstić information content (AvgIpc) is 3.17. The van der Waals surface area contributed by atoms with Crippen molar-refractivity contribution in [3.8, 4) is 34.3 Å². The monoisotopic (exact) mass is 295 g/mol. The summed E-state index contributed by atoms with van der Waals surface area (Å²) in [6.07, 6.45) is 0. The van der Waals surface area contributed by atoms with Crippen LogP contribution in [-0.2, 0) is 0 Å².